The average molecular weight is 406 g/mol. The smallest absolute Gasteiger partial charge is 0.231 e. The van der Waals surface area contributed by atoms with Crippen molar-refractivity contribution in [3.05, 3.63) is 57.6 Å². The zero-order chi connectivity index (χ0) is 19.0. The highest BCUT2D eigenvalue weighted by atomic mass is 35.5. The van der Waals surface area contributed by atoms with Crippen molar-refractivity contribution in [3.63, 3.8) is 0 Å². The van der Waals surface area contributed by atoms with Crippen LogP contribution in [0, 0.1) is 0 Å². The third-order valence-corrected chi connectivity index (χ3v) is 5.01. The summed E-state index contributed by atoms with van der Waals surface area (Å²) in [6.07, 6.45) is 1.72. The Hall–Kier alpha value is -2.37. The van der Waals surface area contributed by atoms with Gasteiger partial charge in [0.25, 0.3) is 0 Å². The second kappa shape index (κ2) is 7.33. The Labute approximate surface area is 166 Å². The van der Waals surface area contributed by atoms with Gasteiger partial charge in [0.2, 0.25) is 6.79 Å². The van der Waals surface area contributed by atoms with E-state index in [4.69, 9.17) is 37.4 Å². The molecule has 4 rings (SSSR count). The Bertz CT molecular complexity index is 942. The van der Waals surface area contributed by atoms with Crippen molar-refractivity contribution in [2.75, 3.05) is 13.3 Å². The van der Waals surface area contributed by atoms with E-state index in [1.54, 1.807) is 31.2 Å². The molecule has 2 aliphatic heterocycles. The normalized spacial score (nSPS) is 17.2. The highest BCUT2D eigenvalue weighted by molar-refractivity contribution is 6.35. The Morgan fingerprint density at radius 2 is 2.00 bits per heavy atom. The van der Waals surface area contributed by atoms with E-state index in [1.165, 1.54) is 0 Å². The molecule has 0 fully saturated rings. The molecular weight excluding hydrogens is 389 g/mol. The first kappa shape index (κ1) is 18.0. The maximum Gasteiger partial charge on any atom is 0.231 e. The van der Waals surface area contributed by atoms with Gasteiger partial charge in [0.15, 0.2) is 23.4 Å². The lowest BCUT2D eigenvalue weighted by Crippen LogP contribution is -2.27. The maximum atomic E-state index is 12.7. The molecule has 0 spiro atoms. The molecule has 0 saturated heterocycles. The number of hydrogen-bond donors (Lipinski definition) is 1. The SMILES string of the molecule is CC(Oc1ccc(Cl)cc1Cl)C(=O)/C=C1\NCCc2cc3c(cc21)OCO3. The number of carbonyl (C=O) groups is 1. The van der Waals surface area contributed by atoms with Gasteiger partial charge in [0.1, 0.15) is 5.75 Å². The molecule has 1 unspecified atom stereocenters. The van der Waals surface area contributed by atoms with Gasteiger partial charge in [-0.15, -0.1) is 0 Å². The monoisotopic (exact) mass is 405 g/mol. The minimum absolute atomic E-state index is 0.172. The van der Waals surface area contributed by atoms with Gasteiger partial charge in [-0.2, -0.15) is 0 Å². The standard InChI is InChI=1S/C20H17Cl2NO4/c1-11(27-18-3-2-13(21)7-15(18)22)17(24)9-16-14-8-20-19(25-10-26-20)6-12(14)4-5-23-16/h2-3,6-9,11,23H,4-5,10H2,1H3/b16-9-. The minimum atomic E-state index is -0.697. The van der Waals surface area contributed by atoms with Crippen LogP contribution in [0.2, 0.25) is 10.0 Å². The fraction of sp³-hybridized carbons (Fsp3) is 0.250. The molecule has 5 nitrogen and oxygen atoms in total. The summed E-state index contributed by atoms with van der Waals surface area (Å²) in [5.41, 5.74) is 2.80. The number of ether oxygens (including phenoxy) is 3. The molecule has 2 aliphatic rings. The Morgan fingerprint density at radius 1 is 1.22 bits per heavy atom. The first-order chi connectivity index (χ1) is 13.0. The van der Waals surface area contributed by atoms with Gasteiger partial charge in [-0.1, -0.05) is 23.2 Å². The molecule has 1 N–H and O–H groups in total. The summed E-state index contributed by atoms with van der Waals surface area (Å²) in [7, 11) is 0. The van der Waals surface area contributed by atoms with E-state index in [-0.39, 0.29) is 12.6 Å². The molecule has 0 saturated carbocycles. The van der Waals surface area contributed by atoms with Gasteiger partial charge in [0, 0.05) is 28.9 Å². The molecule has 1 atom stereocenters. The van der Waals surface area contributed by atoms with Crippen LogP contribution in [0.5, 0.6) is 17.2 Å². The van der Waals surface area contributed by atoms with Crippen molar-refractivity contribution < 1.29 is 19.0 Å². The molecule has 7 heteroatoms. The number of halogens is 2. The number of carbonyl (C=O) groups excluding carboxylic acids is 1. The van der Waals surface area contributed by atoms with Crippen LogP contribution in [0.4, 0.5) is 0 Å². The zero-order valence-electron chi connectivity index (χ0n) is 14.6. The fourth-order valence-electron chi connectivity index (χ4n) is 3.08. The van der Waals surface area contributed by atoms with E-state index in [1.807, 2.05) is 12.1 Å². The molecule has 0 aliphatic carbocycles. The molecule has 2 aromatic rings. The fourth-order valence-corrected chi connectivity index (χ4v) is 3.53. The highest BCUT2D eigenvalue weighted by Gasteiger charge is 2.23. The third kappa shape index (κ3) is 3.70. The van der Waals surface area contributed by atoms with Crippen LogP contribution in [-0.2, 0) is 11.2 Å². The predicted molar refractivity (Wildman–Crippen MR) is 104 cm³/mol. The summed E-state index contributed by atoms with van der Waals surface area (Å²) in [6.45, 7) is 2.65. The van der Waals surface area contributed by atoms with Crippen molar-refractivity contribution in [3.8, 4) is 17.2 Å². The summed E-state index contributed by atoms with van der Waals surface area (Å²) in [4.78, 5) is 12.7. The number of nitrogens with one attached hydrogen (secondary N) is 1. The van der Waals surface area contributed by atoms with E-state index in [9.17, 15) is 4.79 Å². The van der Waals surface area contributed by atoms with E-state index < -0.39 is 6.10 Å². The largest absolute Gasteiger partial charge is 0.481 e. The van der Waals surface area contributed by atoms with E-state index in [0.717, 1.165) is 35.5 Å². The van der Waals surface area contributed by atoms with E-state index in [0.29, 0.717) is 21.5 Å². The first-order valence-corrected chi connectivity index (χ1v) is 9.31. The van der Waals surface area contributed by atoms with Gasteiger partial charge in [0.05, 0.1) is 5.02 Å². The first-order valence-electron chi connectivity index (χ1n) is 8.55. The van der Waals surface area contributed by atoms with Crippen molar-refractivity contribution in [2.45, 2.75) is 19.4 Å². The molecule has 0 radical (unpaired) electrons. The van der Waals surface area contributed by atoms with Crippen LogP contribution in [0.3, 0.4) is 0 Å². The number of rotatable bonds is 4. The zero-order valence-corrected chi connectivity index (χ0v) is 16.1. The van der Waals surface area contributed by atoms with Crippen molar-refractivity contribution in [1.82, 2.24) is 5.32 Å². The second-order valence-corrected chi connectivity index (χ2v) is 7.18. The minimum Gasteiger partial charge on any atom is -0.481 e. The highest BCUT2D eigenvalue weighted by Crippen LogP contribution is 2.38. The molecular formula is C20H17Cl2NO4. The molecule has 0 aromatic heterocycles. The summed E-state index contributed by atoms with van der Waals surface area (Å²) >= 11 is 12.0. The Balaban J connectivity index is 1.56. The van der Waals surface area contributed by atoms with E-state index >= 15 is 0 Å². The van der Waals surface area contributed by atoms with Gasteiger partial charge in [-0.05, 0) is 49.2 Å². The van der Waals surface area contributed by atoms with Gasteiger partial charge in [-0.25, -0.2) is 0 Å². The van der Waals surface area contributed by atoms with Gasteiger partial charge < -0.3 is 19.5 Å². The Kier molecular flexibility index (Phi) is 4.89. The summed E-state index contributed by atoms with van der Waals surface area (Å²) in [6, 6.07) is 8.78. The molecule has 0 bridgehead atoms. The summed E-state index contributed by atoms with van der Waals surface area (Å²) in [5.74, 6) is 1.68. The maximum absolute atomic E-state index is 12.7. The van der Waals surface area contributed by atoms with Crippen molar-refractivity contribution in [1.29, 1.82) is 0 Å². The number of fused-ring (bicyclic) bond motifs is 2. The van der Waals surface area contributed by atoms with Crippen LogP contribution in [0.1, 0.15) is 18.1 Å². The quantitative estimate of drug-likeness (QED) is 0.770. The van der Waals surface area contributed by atoms with Crippen molar-refractivity contribution in [2.24, 2.45) is 0 Å². The van der Waals surface area contributed by atoms with E-state index in [2.05, 4.69) is 5.32 Å². The lowest BCUT2D eigenvalue weighted by Gasteiger charge is -2.22. The molecule has 0 amide bonds. The second-order valence-electron chi connectivity index (χ2n) is 6.33. The van der Waals surface area contributed by atoms with Crippen LogP contribution in [0.25, 0.3) is 5.70 Å². The number of hydrogen-bond acceptors (Lipinski definition) is 5. The van der Waals surface area contributed by atoms with Gasteiger partial charge >= 0.3 is 0 Å². The molecule has 2 aromatic carbocycles. The van der Waals surface area contributed by atoms with Crippen LogP contribution in [0.15, 0.2) is 36.4 Å². The lowest BCUT2D eigenvalue weighted by molar-refractivity contribution is -0.120. The average Bonchev–Trinajstić information content (AvgIpc) is 3.10. The van der Waals surface area contributed by atoms with Crippen LogP contribution < -0.4 is 19.5 Å². The third-order valence-electron chi connectivity index (χ3n) is 4.48. The topological polar surface area (TPSA) is 56.8 Å². The van der Waals surface area contributed by atoms with Crippen LogP contribution >= 0.6 is 23.2 Å². The van der Waals surface area contributed by atoms with Crippen LogP contribution in [-0.4, -0.2) is 25.2 Å². The van der Waals surface area contributed by atoms with Crippen molar-refractivity contribution >= 4 is 34.7 Å². The summed E-state index contributed by atoms with van der Waals surface area (Å²) in [5, 5.41) is 4.15. The summed E-state index contributed by atoms with van der Waals surface area (Å²) < 4.78 is 16.6. The molecule has 2 heterocycles. The van der Waals surface area contributed by atoms with Gasteiger partial charge in [-0.3, -0.25) is 4.79 Å². The predicted octanol–water partition coefficient (Wildman–Crippen LogP) is 4.25. The number of benzene rings is 2. The lowest BCUT2D eigenvalue weighted by atomic mass is 9.96. The molecule has 27 heavy (non-hydrogen) atoms. The Morgan fingerprint density at radius 3 is 2.78 bits per heavy atom. The number of ketones is 1. The molecule has 140 valence electrons.